The Bertz CT molecular complexity index is 581. The molecule has 0 fully saturated rings. The number of nitrogens with one attached hydrogen (secondary N) is 1. The Morgan fingerprint density at radius 2 is 1.94 bits per heavy atom. The summed E-state index contributed by atoms with van der Waals surface area (Å²) in [7, 11) is 0. The average Bonchev–Trinajstić information content (AvgIpc) is 2.28. The zero-order valence-electron chi connectivity index (χ0n) is 10.1. The lowest BCUT2D eigenvalue weighted by molar-refractivity contribution is 1.05. The van der Waals surface area contributed by atoms with E-state index in [1.165, 1.54) is 5.56 Å². The fourth-order valence-corrected chi connectivity index (χ4v) is 2.20. The highest BCUT2D eigenvalue weighted by atomic mass is 16.1. The second-order valence-electron chi connectivity index (χ2n) is 4.14. The van der Waals surface area contributed by atoms with Crippen LogP contribution < -0.4 is 5.56 Å². The average molecular weight is 215 g/mol. The van der Waals surface area contributed by atoms with Crippen LogP contribution in [0.3, 0.4) is 0 Å². The molecule has 0 amide bonds. The molecule has 1 heterocycles. The molecule has 1 aromatic heterocycles. The van der Waals surface area contributed by atoms with Crippen molar-refractivity contribution >= 4 is 10.9 Å². The number of aromatic nitrogens is 1. The highest BCUT2D eigenvalue weighted by Crippen LogP contribution is 2.19. The second-order valence-corrected chi connectivity index (χ2v) is 4.14. The van der Waals surface area contributed by atoms with Crippen molar-refractivity contribution in [1.82, 2.24) is 4.98 Å². The van der Waals surface area contributed by atoms with E-state index in [0.717, 1.165) is 34.9 Å². The van der Waals surface area contributed by atoms with Gasteiger partial charge in [0.2, 0.25) is 0 Å². The number of rotatable bonds is 2. The summed E-state index contributed by atoms with van der Waals surface area (Å²) in [6.07, 6.45) is 1.78. The van der Waals surface area contributed by atoms with E-state index < -0.39 is 0 Å². The van der Waals surface area contributed by atoms with Crippen molar-refractivity contribution in [2.24, 2.45) is 0 Å². The quantitative estimate of drug-likeness (QED) is 0.820. The third-order valence-corrected chi connectivity index (χ3v) is 3.22. The molecule has 0 saturated heterocycles. The van der Waals surface area contributed by atoms with Crippen LogP contribution in [0.15, 0.2) is 23.0 Å². The monoisotopic (exact) mass is 215 g/mol. The lowest BCUT2D eigenvalue weighted by Gasteiger charge is -2.08. The standard InChI is InChI=1S/C14H17NO/c1-4-10-6-7-12-9(3)11(5-2)14(16)15-13(12)8-10/h6-8H,4-5H2,1-3H3,(H,15,16). The number of H-pyrrole nitrogens is 1. The molecule has 2 heteroatoms. The number of pyridine rings is 1. The van der Waals surface area contributed by atoms with E-state index in [-0.39, 0.29) is 5.56 Å². The first-order valence-corrected chi connectivity index (χ1v) is 5.81. The molecule has 16 heavy (non-hydrogen) atoms. The second kappa shape index (κ2) is 4.12. The minimum atomic E-state index is 0.0563. The van der Waals surface area contributed by atoms with Gasteiger partial charge in [-0.3, -0.25) is 4.79 Å². The van der Waals surface area contributed by atoms with E-state index in [4.69, 9.17) is 0 Å². The first-order valence-electron chi connectivity index (χ1n) is 5.81. The van der Waals surface area contributed by atoms with Gasteiger partial charge in [0.1, 0.15) is 0 Å². The van der Waals surface area contributed by atoms with Gasteiger partial charge in [-0.15, -0.1) is 0 Å². The SMILES string of the molecule is CCc1ccc2c(C)c(CC)c(=O)[nH]c2c1. The predicted molar refractivity (Wildman–Crippen MR) is 68.1 cm³/mol. The smallest absolute Gasteiger partial charge is 0.251 e. The number of fused-ring (bicyclic) bond motifs is 1. The van der Waals surface area contributed by atoms with Crippen LogP contribution in [0.4, 0.5) is 0 Å². The van der Waals surface area contributed by atoms with Crippen LogP contribution in [0.5, 0.6) is 0 Å². The molecule has 84 valence electrons. The normalized spacial score (nSPS) is 10.9. The van der Waals surface area contributed by atoms with Crippen molar-refractivity contribution in [2.75, 3.05) is 0 Å². The van der Waals surface area contributed by atoms with Gasteiger partial charge < -0.3 is 4.98 Å². The van der Waals surface area contributed by atoms with Gasteiger partial charge in [-0.25, -0.2) is 0 Å². The fraction of sp³-hybridized carbons (Fsp3) is 0.357. The van der Waals surface area contributed by atoms with Crippen LogP contribution in [0.1, 0.15) is 30.5 Å². The molecule has 0 aliphatic rings. The van der Waals surface area contributed by atoms with Crippen LogP contribution in [-0.4, -0.2) is 4.98 Å². The number of hydrogen-bond acceptors (Lipinski definition) is 1. The van der Waals surface area contributed by atoms with Gasteiger partial charge >= 0.3 is 0 Å². The summed E-state index contributed by atoms with van der Waals surface area (Å²) in [5.74, 6) is 0. The zero-order chi connectivity index (χ0) is 11.7. The maximum Gasteiger partial charge on any atom is 0.251 e. The van der Waals surface area contributed by atoms with Crippen molar-refractivity contribution in [3.05, 3.63) is 45.2 Å². The number of benzene rings is 1. The lowest BCUT2D eigenvalue weighted by Crippen LogP contribution is -2.14. The lowest BCUT2D eigenvalue weighted by atomic mass is 10.0. The first kappa shape index (κ1) is 10.9. The van der Waals surface area contributed by atoms with Crippen LogP contribution >= 0.6 is 0 Å². The van der Waals surface area contributed by atoms with Crippen LogP contribution in [-0.2, 0) is 12.8 Å². The molecule has 0 spiro atoms. The van der Waals surface area contributed by atoms with Crippen molar-refractivity contribution < 1.29 is 0 Å². The van der Waals surface area contributed by atoms with Crippen LogP contribution in [0, 0.1) is 6.92 Å². The van der Waals surface area contributed by atoms with Gasteiger partial charge in [0.15, 0.2) is 0 Å². The summed E-state index contributed by atoms with van der Waals surface area (Å²) in [5.41, 5.74) is 4.28. The van der Waals surface area contributed by atoms with E-state index >= 15 is 0 Å². The number of aryl methyl sites for hydroxylation is 2. The Hall–Kier alpha value is -1.57. The Kier molecular flexibility index (Phi) is 2.82. The van der Waals surface area contributed by atoms with E-state index in [2.05, 4.69) is 30.1 Å². The van der Waals surface area contributed by atoms with Gasteiger partial charge in [0.25, 0.3) is 5.56 Å². The van der Waals surface area contributed by atoms with Gasteiger partial charge in [0.05, 0.1) is 0 Å². The summed E-state index contributed by atoms with van der Waals surface area (Å²) in [6, 6.07) is 6.31. The molecule has 1 N–H and O–H groups in total. The van der Waals surface area contributed by atoms with Gasteiger partial charge in [-0.2, -0.15) is 0 Å². The van der Waals surface area contributed by atoms with Crippen molar-refractivity contribution in [3.63, 3.8) is 0 Å². The molecule has 2 aromatic rings. The third-order valence-electron chi connectivity index (χ3n) is 3.22. The minimum Gasteiger partial charge on any atom is -0.322 e. The summed E-state index contributed by atoms with van der Waals surface area (Å²) < 4.78 is 0. The topological polar surface area (TPSA) is 32.9 Å². The molecule has 0 atom stereocenters. The summed E-state index contributed by atoms with van der Waals surface area (Å²) in [5, 5.41) is 1.16. The molecule has 0 aliphatic heterocycles. The van der Waals surface area contributed by atoms with Gasteiger partial charge in [0, 0.05) is 16.5 Å². The Balaban J connectivity index is 2.81. The number of hydrogen-bond donors (Lipinski definition) is 1. The van der Waals surface area contributed by atoms with E-state index in [1.54, 1.807) is 0 Å². The Morgan fingerprint density at radius 3 is 2.56 bits per heavy atom. The summed E-state index contributed by atoms with van der Waals surface area (Å²) in [4.78, 5) is 14.8. The van der Waals surface area contributed by atoms with Crippen molar-refractivity contribution in [2.45, 2.75) is 33.6 Å². The maximum atomic E-state index is 11.8. The largest absolute Gasteiger partial charge is 0.322 e. The molecule has 2 nitrogen and oxygen atoms in total. The molecular formula is C14H17NO. The number of aromatic amines is 1. The fourth-order valence-electron chi connectivity index (χ4n) is 2.20. The van der Waals surface area contributed by atoms with Crippen LogP contribution in [0.2, 0.25) is 0 Å². The Labute approximate surface area is 95.3 Å². The molecule has 2 rings (SSSR count). The first-order chi connectivity index (χ1) is 7.67. The zero-order valence-corrected chi connectivity index (χ0v) is 10.1. The molecule has 0 saturated carbocycles. The maximum absolute atomic E-state index is 11.8. The molecule has 0 unspecified atom stereocenters. The summed E-state index contributed by atoms with van der Waals surface area (Å²) in [6.45, 7) is 6.17. The molecule has 1 aromatic carbocycles. The van der Waals surface area contributed by atoms with E-state index in [1.807, 2.05) is 13.8 Å². The molecule has 0 bridgehead atoms. The van der Waals surface area contributed by atoms with Gasteiger partial charge in [-0.1, -0.05) is 26.0 Å². The molecule has 0 radical (unpaired) electrons. The molecule has 0 aliphatic carbocycles. The van der Waals surface area contributed by atoms with Crippen LogP contribution in [0.25, 0.3) is 10.9 Å². The summed E-state index contributed by atoms with van der Waals surface area (Å²) >= 11 is 0. The predicted octanol–water partition coefficient (Wildman–Crippen LogP) is 2.96. The van der Waals surface area contributed by atoms with Crippen molar-refractivity contribution in [3.8, 4) is 0 Å². The highest BCUT2D eigenvalue weighted by Gasteiger charge is 2.07. The van der Waals surface area contributed by atoms with E-state index in [0.29, 0.717) is 0 Å². The van der Waals surface area contributed by atoms with E-state index in [9.17, 15) is 4.79 Å². The minimum absolute atomic E-state index is 0.0563. The highest BCUT2D eigenvalue weighted by molar-refractivity contribution is 5.83. The van der Waals surface area contributed by atoms with Gasteiger partial charge in [-0.05, 0) is 37.0 Å². The Morgan fingerprint density at radius 1 is 1.19 bits per heavy atom. The van der Waals surface area contributed by atoms with Crippen molar-refractivity contribution in [1.29, 1.82) is 0 Å². The molecular weight excluding hydrogens is 198 g/mol. The third kappa shape index (κ3) is 1.64.